The summed E-state index contributed by atoms with van der Waals surface area (Å²) in [6, 6.07) is 0. The summed E-state index contributed by atoms with van der Waals surface area (Å²) >= 11 is 0. The molecule has 1 unspecified atom stereocenters. The molecule has 0 amide bonds. The number of carbonyl (C=O) groups excluding carboxylic acids is 3. The van der Waals surface area contributed by atoms with E-state index in [9.17, 15) is 14.4 Å². The highest BCUT2D eigenvalue weighted by atomic mass is 16.6. The lowest BCUT2D eigenvalue weighted by molar-refractivity contribution is -0.167. The fourth-order valence-corrected chi connectivity index (χ4v) is 7.44. The summed E-state index contributed by atoms with van der Waals surface area (Å²) < 4.78 is 16.7. The Morgan fingerprint density at radius 3 is 0.970 bits per heavy atom. The number of esters is 3. The van der Waals surface area contributed by atoms with Crippen molar-refractivity contribution in [3.05, 3.63) is 97.2 Å². The van der Waals surface area contributed by atoms with Gasteiger partial charge in [0.1, 0.15) is 13.2 Å². The molecule has 0 saturated carbocycles. The maximum atomic E-state index is 12.8. The molecule has 382 valence electrons. The molecule has 0 saturated heterocycles. The highest BCUT2D eigenvalue weighted by molar-refractivity contribution is 5.71. The van der Waals surface area contributed by atoms with Crippen LogP contribution in [-0.4, -0.2) is 37.2 Å². The average Bonchev–Trinajstić information content (AvgIpc) is 3.33. The van der Waals surface area contributed by atoms with E-state index in [1.54, 1.807) is 0 Å². The van der Waals surface area contributed by atoms with Gasteiger partial charge in [-0.2, -0.15) is 0 Å². The van der Waals surface area contributed by atoms with Crippen LogP contribution < -0.4 is 0 Å². The van der Waals surface area contributed by atoms with Gasteiger partial charge in [0, 0.05) is 19.3 Å². The van der Waals surface area contributed by atoms with E-state index in [1.807, 2.05) is 0 Å². The Labute approximate surface area is 413 Å². The zero-order valence-electron chi connectivity index (χ0n) is 43.6. The molecule has 0 bridgehead atoms. The average molecular weight is 931 g/mol. The Bertz CT molecular complexity index is 1350. The predicted molar refractivity (Wildman–Crippen MR) is 288 cm³/mol. The minimum absolute atomic E-state index is 0.114. The number of hydrogen-bond donors (Lipinski definition) is 0. The van der Waals surface area contributed by atoms with Crippen LogP contribution in [0.3, 0.4) is 0 Å². The number of carbonyl (C=O) groups is 3. The number of hydrogen-bond acceptors (Lipinski definition) is 6. The van der Waals surface area contributed by atoms with Crippen molar-refractivity contribution in [3.63, 3.8) is 0 Å². The largest absolute Gasteiger partial charge is 0.462 e. The molecule has 0 aliphatic carbocycles. The van der Waals surface area contributed by atoms with Crippen molar-refractivity contribution in [3.8, 4) is 0 Å². The van der Waals surface area contributed by atoms with Gasteiger partial charge >= 0.3 is 17.9 Å². The molecule has 0 radical (unpaired) electrons. The maximum absolute atomic E-state index is 12.8. The van der Waals surface area contributed by atoms with Gasteiger partial charge in [-0.15, -0.1) is 0 Å². The Hall–Kier alpha value is -3.67. The molecule has 67 heavy (non-hydrogen) atoms. The third kappa shape index (κ3) is 53.2. The molecule has 0 aromatic rings. The van der Waals surface area contributed by atoms with Crippen LogP contribution in [0, 0.1) is 0 Å². The van der Waals surface area contributed by atoms with E-state index in [4.69, 9.17) is 14.2 Å². The Balaban J connectivity index is 4.55. The van der Waals surface area contributed by atoms with Gasteiger partial charge in [-0.3, -0.25) is 14.4 Å². The van der Waals surface area contributed by atoms with Gasteiger partial charge < -0.3 is 14.2 Å². The van der Waals surface area contributed by atoms with Crippen LogP contribution >= 0.6 is 0 Å². The molecule has 0 aliphatic heterocycles. The normalized spacial score (nSPS) is 12.8. The van der Waals surface area contributed by atoms with E-state index in [2.05, 4.69) is 118 Å². The first kappa shape index (κ1) is 63.3. The van der Waals surface area contributed by atoms with Crippen LogP contribution in [0.2, 0.25) is 0 Å². The van der Waals surface area contributed by atoms with Gasteiger partial charge in [-0.1, -0.05) is 240 Å². The number of allylic oxidation sites excluding steroid dienone is 16. The maximum Gasteiger partial charge on any atom is 0.306 e. The molecule has 0 spiro atoms. The minimum Gasteiger partial charge on any atom is -0.462 e. The molecule has 1 atom stereocenters. The molecule has 0 rings (SSSR count). The quantitative estimate of drug-likeness (QED) is 0.0262. The lowest BCUT2D eigenvalue weighted by Crippen LogP contribution is -2.30. The van der Waals surface area contributed by atoms with E-state index in [0.717, 1.165) is 77.0 Å². The molecule has 0 aromatic carbocycles. The molecule has 0 aromatic heterocycles. The van der Waals surface area contributed by atoms with Gasteiger partial charge in [0.2, 0.25) is 0 Å². The van der Waals surface area contributed by atoms with E-state index in [1.165, 1.54) is 122 Å². The van der Waals surface area contributed by atoms with Crippen molar-refractivity contribution in [2.45, 2.75) is 258 Å². The van der Waals surface area contributed by atoms with E-state index in [0.29, 0.717) is 19.3 Å². The minimum atomic E-state index is -0.826. The van der Waals surface area contributed by atoms with E-state index < -0.39 is 6.10 Å². The Kier molecular flexibility index (Phi) is 51.9. The second kappa shape index (κ2) is 54.9. The van der Waals surface area contributed by atoms with Crippen LogP contribution in [0.15, 0.2) is 97.2 Å². The number of rotatable bonds is 49. The van der Waals surface area contributed by atoms with Gasteiger partial charge in [0.05, 0.1) is 0 Å². The van der Waals surface area contributed by atoms with Crippen LogP contribution in [-0.2, 0) is 28.6 Å². The lowest BCUT2D eigenvalue weighted by Gasteiger charge is -2.18. The van der Waals surface area contributed by atoms with Crippen LogP contribution in [0.5, 0.6) is 0 Å². The van der Waals surface area contributed by atoms with Gasteiger partial charge in [-0.25, -0.2) is 0 Å². The number of ether oxygens (including phenoxy) is 3. The monoisotopic (exact) mass is 931 g/mol. The van der Waals surface area contributed by atoms with Crippen LogP contribution in [0.25, 0.3) is 0 Å². The number of unbranched alkanes of at least 4 members (excludes halogenated alkanes) is 22. The van der Waals surface area contributed by atoms with Crippen molar-refractivity contribution < 1.29 is 28.6 Å². The third-order valence-electron chi connectivity index (χ3n) is 11.6. The molecule has 0 heterocycles. The Morgan fingerprint density at radius 2 is 0.597 bits per heavy atom. The summed E-state index contributed by atoms with van der Waals surface area (Å²) in [7, 11) is 0. The standard InChI is InChI=1S/C61H102O6/c1-4-7-10-13-16-19-22-25-28-30-33-36-39-42-45-48-51-54-60(63)66-57-58(56-65-59(62)53-50-47-44-41-38-35-32-27-24-21-18-15-12-9-6-3)67-61(64)55-52-49-46-43-40-37-34-31-29-26-23-20-17-14-11-8-5-2/h7,10,16,19,25-26,28-29,33-34,36-37,42-43,45-46,58H,4-6,8-9,11-15,17-18,20-24,27,30-32,35,38-41,44,47-57H2,1-3H3/b10-7-,19-16-,28-25-,29-26-,36-33-,37-34-,45-42-,46-43-. The molecule has 6 nitrogen and oxygen atoms in total. The SMILES string of the molecule is CC/C=C\C/C=C\C/C=C\C/C=C\C/C=C\CCCC(=O)OCC(COC(=O)CCCCCCCCCCCCCCCCC)OC(=O)CCC/C=C\C/C=C\C/C=C\CCCCCCCC. The fraction of sp³-hybridized carbons (Fsp3) is 0.689. The first-order valence-corrected chi connectivity index (χ1v) is 27.7. The molecule has 6 heteroatoms. The van der Waals surface area contributed by atoms with E-state index in [-0.39, 0.29) is 44.0 Å². The summed E-state index contributed by atoms with van der Waals surface area (Å²) in [4.78, 5) is 38.1. The molecule has 0 aliphatic rings. The summed E-state index contributed by atoms with van der Waals surface area (Å²) in [6.45, 7) is 6.43. The van der Waals surface area contributed by atoms with Gasteiger partial charge in [-0.05, 0) is 89.9 Å². The summed E-state index contributed by atoms with van der Waals surface area (Å²) in [5.41, 5.74) is 0. The third-order valence-corrected chi connectivity index (χ3v) is 11.6. The zero-order chi connectivity index (χ0) is 48.6. The highest BCUT2D eigenvalue weighted by Crippen LogP contribution is 2.15. The summed E-state index contributed by atoms with van der Waals surface area (Å²) in [5.74, 6) is -1.03. The van der Waals surface area contributed by atoms with Crippen LogP contribution in [0.1, 0.15) is 252 Å². The second-order valence-electron chi connectivity index (χ2n) is 18.1. The fourth-order valence-electron chi connectivity index (χ4n) is 7.44. The molecule has 0 N–H and O–H groups in total. The zero-order valence-corrected chi connectivity index (χ0v) is 43.6. The lowest BCUT2D eigenvalue weighted by atomic mass is 10.0. The van der Waals surface area contributed by atoms with Crippen molar-refractivity contribution in [2.24, 2.45) is 0 Å². The Morgan fingerprint density at radius 1 is 0.313 bits per heavy atom. The molecule has 0 fully saturated rings. The van der Waals surface area contributed by atoms with Gasteiger partial charge in [0.25, 0.3) is 0 Å². The van der Waals surface area contributed by atoms with E-state index >= 15 is 0 Å². The van der Waals surface area contributed by atoms with Crippen molar-refractivity contribution in [1.82, 2.24) is 0 Å². The summed E-state index contributed by atoms with van der Waals surface area (Å²) in [6.07, 6.45) is 72.6. The van der Waals surface area contributed by atoms with Gasteiger partial charge in [0.15, 0.2) is 6.10 Å². The first-order valence-electron chi connectivity index (χ1n) is 27.7. The highest BCUT2D eigenvalue weighted by Gasteiger charge is 2.19. The van der Waals surface area contributed by atoms with Crippen molar-refractivity contribution in [2.75, 3.05) is 13.2 Å². The molecular formula is C61H102O6. The second-order valence-corrected chi connectivity index (χ2v) is 18.1. The topological polar surface area (TPSA) is 78.9 Å². The predicted octanol–water partition coefficient (Wildman–Crippen LogP) is 18.5. The smallest absolute Gasteiger partial charge is 0.306 e. The summed E-state index contributed by atoms with van der Waals surface area (Å²) in [5, 5.41) is 0. The van der Waals surface area contributed by atoms with Crippen molar-refractivity contribution >= 4 is 17.9 Å². The molecular weight excluding hydrogens is 829 g/mol. The van der Waals surface area contributed by atoms with Crippen LogP contribution in [0.4, 0.5) is 0 Å². The van der Waals surface area contributed by atoms with Crippen molar-refractivity contribution in [1.29, 1.82) is 0 Å². The first-order chi connectivity index (χ1) is 33.0.